The molecule has 0 aliphatic rings. The molecule has 4 aromatic rings. The largest absolute Gasteiger partial charge is 0.496 e. The molecule has 0 radical (unpaired) electrons. The number of carbonyl (C=O) groups excluding carboxylic acids is 1. The molecule has 1 heterocycles. The van der Waals surface area contributed by atoms with Gasteiger partial charge in [-0.3, -0.25) is 4.79 Å². The first-order valence-corrected chi connectivity index (χ1v) is 10.2. The molecule has 0 aliphatic carbocycles. The predicted octanol–water partition coefficient (Wildman–Crippen LogP) is 5.56. The van der Waals surface area contributed by atoms with E-state index >= 15 is 0 Å². The van der Waals surface area contributed by atoms with Crippen molar-refractivity contribution < 1.29 is 9.53 Å². The Labute approximate surface area is 189 Å². The monoisotopic (exact) mass is 452 g/mol. The van der Waals surface area contributed by atoms with Gasteiger partial charge in [-0.2, -0.15) is 9.67 Å². The zero-order valence-electron chi connectivity index (χ0n) is 16.5. The van der Waals surface area contributed by atoms with E-state index in [-0.39, 0.29) is 5.91 Å². The number of nitrogens with zero attached hydrogens (tertiary/aromatic N) is 3. The van der Waals surface area contributed by atoms with Crippen LogP contribution in [0, 0.1) is 0 Å². The van der Waals surface area contributed by atoms with Gasteiger partial charge in [0.25, 0.3) is 5.91 Å². The van der Waals surface area contributed by atoms with Gasteiger partial charge in [0, 0.05) is 22.2 Å². The van der Waals surface area contributed by atoms with Crippen LogP contribution >= 0.6 is 23.2 Å². The number of rotatable bonds is 6. The van der Waals surface area contributed by atoms with Crippen LogP contribution in [-0.2, 0) is 6.54 Å². The molecule has 0 fully saturated rings. The van der Waals surface area contributed by atoms with Crippen molar-refractivity contribution in [2.24, 2.45) is 0 Å². The van der Waals surface area contributed by atoms with Crippen LogP contribution in [0.4, 0.5) is 5.95 Å². The average molecular weight is 453 g/mol. The summed E-state index contributed by atoms with van der Waals surface area (Å²) >= 11 is 12.0. The first kappa shape index (κ1) is 20.9. The lowest BCUT2D eigenvalue weighted by Crippen LogP contribution is -2.18. The Morgan fingerprint density at radius 1 is 1.00 bits per heavy atom. The lowest BCUT2D eigenvalue weighted by Gasteiger charge is -2.10. The molecule has 0 atom stereocenters. The number of hydrogen-bond donors (Lipinski definition) is 1. The van der Waals surface area contributed by atoms with E-state index in [9.17, 15) is 4.79 Å². The predicted molar refractivity (Wildman–Crippen MR) is 122 cm³/mol. The van der Waals surface area contributed by atoms with Gasteiger partial charge in [0.1, 0.15) is 5.75 Å². The van der Waals surface area contributed by atoms with Gasteiger partial charge in [0.2, 0.25) is 5.95 Å². The second-order valence-corrected chi connectivity index (χ2v) is 7.54. The summed E-state index contributed by atoms with van der Waals surface area (Å²) in [7, 11) is 1.48. The van der Waals surface area contributed by atoms with Gasteiger partial charge in [0.05, 0.1) is 12.7 Å². The van der Waals surface area contributed by atoms with Crippen molar-refractivity contribution in [3.05, 3.63) is 94.0 Å². The quantitative estimate of drug-likeness (QED) is 0.414. The van der Waals surface area contributed by atoms with Crippen LogP contribution in [0.1, 0.15) is 15.9 Å². The van der Waals surface area contributed by atoms with Gasteiger partial charge >= 0.3 is 0 Å². The van der Waals surface area contributed by atoms with Crippen LogP contribution in [0.15, 0.2) is 72.8 Å². The number of hydrogen-bond acceptors (Lipinski definition) is 5. The number of aromatic nitrogens is 3. The Morgan fingerprint density at radius 2 is 1.71 bits per heavy atom. The second-order valence-electron chi connectivity index (χ2n) is 6.67. The Kier molecular flexibility index (Phi) is 6.21. The summed E-state index contributed by atoms with van der Waals surface area (Å²) in [6.45, 7) is 0.440. The van der Waals surface area contributed by atoms with E-state index in [1.807, 2.05) is 54.6 Å². The zero-order valence-corrected chi connectivity index (χ0v) is 18.1. The molecule has 8 heteroatoms. The zero-order chi connectivity index (χ0) is 21.8. The van der Waals surface area contributed by atoms with Crippen molar-refractivity contribution in [3.8, 4) is 17.1 Å². The maximum absolute atomic E-state index is 13.3. The van der Waals surface area contributed by atoms with E-state index in [0.717, 1.165) is 11.1 Å². The van der Waals surface area contributed by atoms with Crippen LogP contribution in [-0.4, -0.2) is 27.8 Å². The van der Waals surface area contributed by atoms with Gasteiger partial charge in [-0.05, 0) is 35.9 Å². The van der Waals surface area contributed by atoms with Gasteiger partial charge in [-0.25, -0.2) is 0 Å². The summed E-state index contributed by atoms with van der Waals surface area (Å²) < 4.78 is 6.58. The molecular formula is C23H18Cl2N4O2. The number of nitrogens with one attached hydrogen (secondary N) is 1. The van der Waals surface area contributed by atoms with E-state index in [1.54, 1.807) is 18.2 Å². The number of carbonyl (C=O) groups is 1. The fourth-order valence-electron chi connectivity index (χ4n) is 3.02. The standard InChI is InChI=1S/C23H18Cl2N4O2/c1-31-20-13-18(25)11-12-19(20)22(30)29-23(26-14-15-7-9-17(24)10-8-15)27-21(28-29)16-5-3-2-4-6-16/h2-13H,14H2,1H3,(H,26,27,28). The van der Waals surface area contributed by atoms with E-state index < -0.39 is 0 Å². The van der Waals surface area contributed by atoms with E-state index in [1.165, 1.54) is 11.8 Å². The van der Waals surface area contributed by atoms with Crippen LogP contribution in [0.25, 0.3) is 11.4 Å². The molecule has 0 aliphatic heterocycles. The fourth-order valence-corrected chi connectivity index (χ4v) is 3.30. The topological polar surface area (TPSA) is 69.0 Å². The molecule has 0 spiro atoms. The third-order valence-corrected chi connectivity index (χ3v) is 5.08. The molecule has 6 nitrogen and oxygen atoms in total. The van der Waals surface area contributed by atoms with Gasteiger partial charge in [-0.1, -0.05) is 65.7 Å². The third-order valence-electron chi connectivity index (χ3n) is 4.59. The molecular weight excluding hydrogens is 435 g/mol. The number of halogens is 2. The van der Waals surface area contributed by atoms with Crippen molar-refractivity contribution in [3.63, 3.8) is 0 Å². The molecule has 4 rings (SSSR count). The number of ether oxygens (including phenoxy) is 1. The SMILES string of the molecule is COc1cc(Cl)ccc1C(=O)n1nc(-c2ccccc2)nc1NCc1ccc(Cl)cc1. The lowest BCUT2D eigenvalue weighted by atomic mass is 10.2. The average Bonchev–Trinajstić information content (AvgIpc) is 3.23. The molecule has 0 saturated heterocycles. The minimum absolute atomic E-state index is 0.316. The molecule has 0 amide bonds. The van der Waals surface area contributed by atoms with E-state index in [0.29, 0.717) is 39.7 Å². The molecule has 31 heavy (non-hydrogen) atoms. The number of methoxy groups -OCH3 is 1. The molecule has 0 bridgehead atoms. The summed E-state index contributed by atoms with van der Waals surface area (Å²) in [5.41, 5.74) is 2.11. The van der Waals surface area contributed by atoms with Crippen molar-refractivity contribution in [1.29, 1.82) is 0 Å². The maximum atomic E-state index is 13.3. The summed E-state index contributed by atoms with van der Waals surface area (Å²) in [5, 5.41) is 8.79. The van der Waals surface area contributed by atoms with Crippen molar-refractivity contribution in [2.75, 3.05) is 12.4 Å². The first-order valence-electron chi connectivity index (χ1n) is 9.44. The smallest absolute Gasteiger partial charge is 0.285 e. The number of anilines is 1. The van der Waals surface area contributed by atoms with Crippen molar-refractivity contribution >= 4 is 35.1 Å². The summed E-state index contributed by atoms with van der Waals surface area (Å²) in [6.07, 6.45) is 0. The normalized spacial score (nSPS) is 10.7. The number of benzene rings is 3. The third kappa shape index (κ3) is 4.71. The van der Waals surface area contributed by atoms with Crippen LogP contribution in [0.3, 0.4) is 0 Å². The Hall–Kier alpha value is -3.35. The molecule has 156 valence electrons. The summed E-state index contributed by atoms with van der Waals surface area (Å²) in [5.74, 6) is 0.719. The van der Waals surface area contributed by atoms with Crippen LogP contribution in [0.5, 0.6) is 5.75 Å². The van der Waals surface area contributed by atoms with Gasteiger partial charge < -0.3 is 10.1 Å². The minimum Gasteiger partial charge on any atom is -0.496 e. The Bertz CT molecular complexity index is 1210. The fraction of sp³-hybridized carbons (Fsp3) is 0.0870. The highest BCUT2D eigenvalue weighted by Gasteiger charge is 2.21. The molecule has 0 saturated carbocycles. The second kappa shape index (κ2) is 9.20. The Balaban J connectivity index is 1.71. The summed E-state index contributed by atoms with van der Waals surface area (Å²) in [6, 6.07) is 21.7. The van der Waals surface area contributed by atoms with E-state index in [2.05, 4.69) is 15.4 Å². The maximum Gasteiger partial charge on any atom is 0.285 e. The van der Waals surface area contributed by atoms with Gasteiger partial charge in [0.15, 0.2) is 5.82 Å². The molecule has 3 aromatic carbocycles. The summed E-state index contributed by atoms with van der Waals surface area (Å²) in [4.78, 5) is 17.9. The van der Waals surface area contributed by atoms with Crippen molar-refractivity contribution in [1.82, 2.24) is 14.8 Å². The van der Waals surface area contributed by atoms with Crippen molar-refractivity contribution in [2.45, 2.75) is 6.54 Å². The highest BCUT2D eigenvalue weighted by molar-refractivity contribution is 6.31. The van der Waals surface area contributed by atoms with Crippen LogP contribution in [0.2, 0.25) is 10.0 Å². The van der Waals surface area contributed by atoms with Gasteiger partial charge in [-0.15, -0.1) is 5.10 Å². The Morgan fingerprint density at radius 3 is 2.42 bits per heavy atom. The van der Waals surface area contributed by atoms with Crippen LogP contribution < -0.4 is 10.1 Å². The van der Waals surface area contributed by atoms with E-state index in [4.69, 9.17) is 27.9 Å². The minimum atomic E-state index is -0.387. The molecule has 1 N–H and O–H groups in total. The molecule has 0 unspecified atom stereocenters. The highest BCUT2D eigenvalue weighted by Crippen LogP contribution is 2.26. The molecule has 1 aromatic heterocycles. The lowest BCUT2D eigenvalue weighted by molar-refractivity contribution is 0.0944. The first-order chi connectivity index (χ1) is 15.0. The highest BCUT2D eigenvalue weighted by atomic mass is 35.5.